The van der Waals surface area contributed by atoms with E-state index in [-0.39, 0.29) is 0 Å². The summed E-state index contributed by atoms with van der Waals surface area (Å²) >= 11 is 0. The fourth-order valence-electron chi connectivity index (χ4n) is 1.75. The minimum Gasteiger partial charge on any atom is -0.388 e. The molecule has 0 amide bonds. The third-order valence-corrected chi connectivity index (χ3v) is 2.83. The highest BCUT2D eigenvalue weighted by Crippen LogP contribution is 2.18. The van der Waals surface area contributed by atoms with Gasteiger partial charge in [0.2, 0.25) is 0 Å². The highest BCUT2D eigenvalue weighted by Gasteiger charge is 2.28. The van der Waals surface area contributed by atoms with Gasteiger partial charge in [-0.2, -0.15) is 0 Å². The van der Waals surface area contributed by atoms with Crippen LogP contribution in [0.2, 0.25) is 0 Å². The molecule has 1 aliphatic heterocycles. The highest BCUT2D eigenvalue weighted by molar-refractivity contribution is 4.83. The Morgan fingerprint density at radius 3 is 2.73 bits per heavy atom. The van der Waals surface area contributed by atoms with Crippen molar-refractivity contribution < 1.29 is 14.6 Å². The molecular formula is C11H23NO3. The van der Waals surface area contributed by atoms with Gasteiger partial charge in [0.1, 0.15) is 0 Å². The van der Waals surface area contributed by atoms with Crippen LogP contribution in [0.25, 0.3) is 0 Å². The maximum absolute atomic E-state index is 10.1. The zero-order chi connectivity index (χ0) is 11.0. The molecule has 0 saturated carbocycles. The molecule has 1 heterocycles. The van der Waals surface area contributed by atoms with Crippen LogP contribution in [0, 0.1) is 0 Å². The van der Waals surface area contributed by atoms with Gasteiger partial charge in [-0.25, -0.2) is 0 Å². The van der Waals surface area contributed by atoms with Gasteiger partial charge < -0.3 is 19.9 Å². The highest BCUT2D eigenvalue weighted by atomic mass is 16.5. The van der Waals surface area contributed by atoms with Crippen molar-refractivity contribution >= 4 is 0 Å². The molecule has 0 aromatic carbocycles. The van der Waals surface area contributed by atoms with E-state index in [4.69, 9.17) is 9.47 Å². The molecule has 1 rings (SSSR count). The number of hydrogen-bond acceptors (Lipinski definition) is 4. The first kappa shape index (κ1) is 12.9. The Balaban J connectivity index is 1.98. The normalized spacial score (nSPS) is 20.4. The first-order chi connectivity index (χ1) is 7.27. The van der Waals surface area contributed by atoms with Crippen molar-refractivity contribution in [1.29, 1.82) is 0 Å². The number of hydrogen-bond donors (Lipinski definition) is 2. The molecule has 0 unspecified atom stereocenters. The van der Waals surface area contributed by atoms with Crippen LogP contribution in [0.1, 0.15) is 25.7 Å². The molecule has 0 bridgehead atoms. The zero-order valence-corrected chi connectivity index (χ0v) is 9.63. The fraction of sp³-hybridized carbons (Fsp3) is 1.00. The number of methoxy groups -OCH3 is 1. The molecule has 0 aromatic rings. The van der Waals surface area contributed by atoms with E-state index in [0.29, 0.717) is 19.8 Å². The van der Waals surface area contributed by atoms with E-state index < -0.39 is 5.60 Å². The summed E-state index contributed by atoms with van der Waals surface area (Å²) in [6.45, 7) is 3.82. The number of nitrogens with one attached hydrogen (secondary N) is 1. The van der Waals surface area contributed by atoms with Gasteiger partial charge in [-0.1, -0.05) is 0 Å². The van der Waals surface area contributed by atoms with Crippen LogP contribution < -0.4 is 5.32 Å². The summed E-state index contributed by atoms with van der Waals surface area (Å²) in [5, 5.41) is 13.4. The molecule has 4 nitrogen and oxygen atoms in total. The number of rotatable bonds is 7. The molecule has 1 saturated heterocycles. The first-order valence-electron chi connectivity index (χ1n) is 5.77. The molecule has 4 heteroatoms. The summed E-state index contributed by atoms with van der Waals surface area (Å²) in [6, 6.07) is 0. The molecule has 15 heavy (non-hydrogen) atoms. The Hall–Kier alpha value is -0.160. The molecule has 2 N–H and O–H groups in total. The van der Waals surface area contributed by atoms with Crippen molar-refractivity contribution in [1.82, 2.24) is 5.32 Å². The largest absolute Gasteiger partial charge is 0.388 e. The average molecular weight is 217 g/mol. The van der Waals surface area contributed by atoms with Crippen LogP contribution in [0.3, 0.4) is 0 Å². The van der Waals surface area contributed by atoms with E-state index in [1.54, 1.807) is 7.11 Å². The number of ether oxygens (including phenoxy) is 2. The van der Waals surface area contributed by atoms with Gasteiger partial charge in [0.05, 0.1) is 5.60 Å². The van der Waals surface area contributed by atoms with Gasteiger partial charge in [-0.15, -0.1) is 0 Å². The summed E-state index contributed by atoms with van der Waals surface area (Å²) in [5.41, 5.74) is -0.542. The summed E-state index contributed by atoms with van der Waals surface area (Å²) in [4.78, 5) is 0. The molecule has 0 atom stereocenters. The van der Waals surface area contributed by atoms with Crippen LogP contribution in [0.5, 0.6) is 0 Å². The predicted molar refractivity (Wildman–Crippen MR) is 59.0 cm³/mol. The van der Waals surface area contributed by atoms with E-state index in [2.05, 4.69) is 5.32 Å². The van der Waals surface area contributed by atoms with Crippen molar-refractivity contribution in [2.75, 3.05) is 40.0 Å². The van der Waals surface area contributed by atoms with Gasteiger partial charge in [0.25, 0.3) is 0 Å². The second-order valence-corrected chi connectivity index (χ2v) is 4.21. The lowest BCUT2D eigenvalue weighted by atomic mass is 9.94. The van der Waals surface area contributed by atoms with E-state index in [9.17, 15) is 5.11 Å². The Kier molecular flexibility index (Phi) is 6.17. The van der Waals surface area contributed by atoms with Crippen LogP contribution in [0.4, 0.5) is 0 Å². The Bertz CT molecular complexity index is 158. The van der Waals surface area contributed by atoms with Gasteiger partial charge in [0, 0.05) is 46.3 Å². The standard InChI is InChI=1S/C11H23NO3/c1-14-7-3-2-6-12-10-11(13)4-8-15-9-5-11/h12-13H,2-10H2,1H3. The molecule has 0 spiro atoms. The summed E-state index contributed by atoms with van der Waals surface area (Å²) < 4.78 is 10.2. The lowest BCUT2D eigenvalue weighted by molar-refractivity contribution is -0.0614. The maximum atomic E-state index is 10.1. The van der Waals surface area contributed by atoms with Crippen molar-refractivity contribution in [2.24, 2.45) is 0 Å². The average Bonchev–Trinajstić information content (AvgIpc) is 2.24. The first-order valence-corrected chi connectivity index (χ1v) is 5.77. The van der Waals surface area contributed by atoms with Crippen LogP contribution in [-0.2, 0) is 9.47 Å². The topological polar surface area (TPSA) is 50.7 Å². The molecule has 0 aromatic heterocycles. The predicted octanol–water partition coefficient (Wildman–Crippen LogP) is 0.544. The van der Waals surface area contributed by atoms with Crippen LogP contribution >= 0.6 is 0 Å². The monoisotopic (exact) mass is 217 g/mol. The summed E-state index contributed by atoms with van der Waals surface area (Å²) in [5.74, 6) is 0. The Labute approximate surface area is 92.0 Å². The van der Waals surface area contributed by atoms with Crippen LogP contribution in [0.15, 0.2) is 0 Å². The third-order valence-electron chi connectivity index (χ3n) is 2.83. The van der Waals surface area contributed by atoms with Gasteiger partial charge in [0.15, 0.2) is 0 Å². The Morgan fingerprint density at radius 1 is 1.33 bits per heavy atom. The van der Waals surface area contributed by atoms with E-state index in [1.807, 2.05) is 0 Å². The molecule has 1 fully saturated rings. The van der Waals surface area contributed by atoms with Crippen molar-refractivity contribution in [3.05, 3.63) is 0 Å². The third kappa shape index (κ3) is 5.47. The molecule has 90 valence electrons. The quantitative estimate of drug-likeness (QED) is 0.611. The SMILES string of the molecule is COCCCCNCC1(O)CCOCC1. The lowest BCUT2D eigenvalue weighted by Crippen LogP contribution is -2.45. The zero-order valence-electron chi connectivity index (χ0n) is 9.63. The second kappa shape index (κ2) is 7.17. The van der Waals surface area contributed by atoms with Gasteiger partial charge >= 0.3 is 0 Å². The van der Waals surface area contributed by atoms with Crippen molar-refractivity contribution in [3.63, 3.8) is 0 Å². The molecular weight excluding hydrogens is 194 g/mol. The smallest absolute Gasteiger partial charge is 0.0815 e. The molecule has 0 aliphatic carbocycles. The number of aliphatic hydroxyl groups is 1. The van der Waals surface area contributed by atoms with Gasteiger partial charge in [-0.05, 0) is 19.4 Å². The maximum Gasteiger partial charge on any atom is 0.0815 e. The molecule has 1 aliphatic rings. The fourth-order valence-corrected chi connectivity index (χ4v) is 1.75. The Morgan fingerprint density at radius 2 is 2.07 bits per heavy atom. The van der Waals surface area contributed by atoms with E-state index in [1.165, 1.54) is 0 Å². The molecule has 0 radical (unpaired) electrons. The minimum atomic E-state index is -0.542. The number of unbranched alkanes of at least 4 members (excludes halogenated alkanes) is 1. The second-order valence-electron chi connectivity index (χ2n) is 4.21. The summed E-state index contributed by atoms with van der Waals surface area (Å²) in [6.07, 6.45) is 3.67. The van der Waals surface area contributed by atoms with Crippen LogP contribution in [-0.4, -0.2) is 50.7 Å². The van der Waals surface area contributed by atoms with E-state index >= 15 is 0 Å². The lowest BCUT2D eigenvalue weighted by Gasteiger charge is -2.32. The van der Waals surface area contributed by atoms with Crippen molar-refractivity contribution in [3.8, 4) is 0 Å². The van der Waals surface area contributed by atoms with Gasteiger partial charge in [-0.3, -0.25) is 0 Å². The van der Waals surface area contributed by atoms with Crippen molar-refractivity contribution in [2.45, 2.75) is 31.3 Å². The van der Waals surface area contributed by atoms with E-state index in [0.717, 1.165) is 38.8 Å². The summed E-state index contributed by atoms with van der Waals surface area (Å²) in [7, 11) is 1.72. The minimum absolute atomic E-state index is 0.542.